The lowest BCUT2D eigenvalue weighted by atomic mass is 9.90. The van der Waals surface area contributed by atoms with E-state index in [1.54, 1.807) is 0 Å². The van der Waals surface area contributed by atoms with Gasteiger partial charge in [0, 0.05) is 17.4 Å². The van der Waals surface area contributed by atoms with E-state index in [9.17, 15) is 0 Å². The van der Waals surface area contributed by atoms with Gasteiger partial charge in [-0.2, -0.15) is 0 Å². The molecule has 2 nitrogen and oxygen atoms in total. The van der Waals surface area contributed by atoms with Crippen LogP contribution in [0.2, 0.25) is 0 Å². The second-order valence-electron chi connectivity index (χ2n) is 6.80. The Morgan fingerprint density at radius 3 is 2.32 bits per heavy atom. The van der Waals surface area contributed by atoms with Crippen molar-refractivity contribution >= 4 is 0 Å². The summed E-state index contributed by atoms with van der Waals surface area (Å²) in [5.74, 6) is 1.31. The molecule has 2 heteroatoms. The SMILES string of the molecule is CCc1ccc(CC(C)C(C)CNC(C)(C)C)nc1. The summed E-state index contributed by atoms with van der Waals surface area (Å²) >= 11 is 0. The molecule has 0 radical (unpaired) electrons. The van der Waals surface area contributed by atoms with Crippen molar-refractivity contribution in [3.05, 3.63) is 29.6 Å². The van der Waals surface area contributed by atoms with Gasteiger partial charge in [0.1, 0.15) is 0 Å². The maximum absolute atomic E-state index is 4.56. The van der Waals surface area contributed by atoms with Crippen molar-refractivity contribution in [1.29, 1.82) is 0 Å². The molecule has 0 aromatic carbocycles. The summed E-state index contributed by atoms with van der Waals surface area (Å²) in [6.45, 7) is 14.5. The van der Waals surface area contributed by atoms with E-state index < -0.39 is 0 Å². The maximum atomic E-state index is 4.56. The van der Waals surface area contributed by atoms with E-state index in [1.165, 1.54) is 11.3 Å². The van der Waals surface area contributed by atoms with Crippen LogP contribution >= 0.6 is 0 Å². The molecule has 19 heavy (non-hydrogen) atoms. The van der Waals surface area contributed by atoms with Gasteiger partial charge in [0.05, 0.1) is 0 Å². The first kappa shape index (κ1) is 16.2. The van der Waals surface area contributed by atoms with E-state index in [4.69, 9.17) is 0 Å². The Labute approximate surface area is 119 Å². The fourth-order valence-corrected chi connectivity index (χ4v) is 1.98. The molecule has 0 spiro atoms. The van der Waals surface area contributed by atoms with Crippen LogP contribution in [0.15, 0.2) is 18.3 Å². The van der Waals surface area contributed by atoms with Gasteiger partial charge in [-0.1, -0.05) is 26.8 Å². The number of pyridine rings is 1. The van der Waals surface area contributed by atoms with Crippen molar-refractivity contribution < 1.29 is 0 Å². The zero-order chi connectivity index (χ0) is 14.5. The predicted octanol–water partition coefficient (Wildman–Crippen LogP) is 3.85. The van der Waals surface area contributed by atoms with Gasteiger partial charge in [0.25, 0.3) is 0 Å². The molecular weight excluding hydrogens is 232 g/mol. The molecule has 1 aromatic heterocycles. The van der Waals surface area contributed by atoms with E-state index in [0.717, 1.165) is 19.4 Å². The quantitative estimate of drug-likeness (QED) is 0.842. The van der Waals surface area contributed by atoms with Gasteiger partial charge in [-0.05, 0) is 63.6 Å². The molecule has 0 aliphatic heterocycles. The van der Waals surface area contributed by atoms with Crippen LogP contribution in [-0.4, -0.2) is 17.1 Å². The predicted molar refractivity (Wildman–Crippen MR) is 83.4 cm³/mol. The van der Waals surface area contributed by atoms with Gasteiger partial charge in [0.15, 0.2) is 0 Å². The first-order chi connectivity index (χ1) is 8.81. The van der Waals surface area contributed by atoms with Gasteiger partial charge in [-0.15, -0.1) is 0 Å². The fraction of sp³-hybridized carbons (Fsp3) is 0.706. The standard InChI is InChI=1S/C17H30N2/c1-7-15-8-9-16(18-12-15)10-13(2)14(3)11-19-17(4,5)6/h8-9,12-14,19H,7,10-11H2,1-6H3. The van der Waals surface area contributed by atoms with Crippen LogP contribution in [0.4, 0.5) is 0 Å². The highest BCUT2D eigenvalue weighted by Gasteiger charge is 2.16. The molecular formula is C17H30N2. The molecule has 2 atom stereocenters. The van der Waals surface area contributed by atoms with Gasteiger partial charge >= 0.3 is 0 Å². The van der Waals surface area contributed by atoms with E-state index >= 15 is 0 Å². The molecule has 1 heterocycles. The van der Waals surface area contributed by atoms with Crippen LogP contribution in [0.25, 0.3) is 0 Å². The van der Waals surface area contributed by atoms with Crippen LogP contribution < -0.4 is 5.32 Å². The molecule has 2 unspecified atom stereocenters. The Kier molecular flexibility index (Phi) is 5.99. The molecule has 0 aliphatic carbocycles. The summed E-state index contributed by atoms with van der Waals surface area (Å²) < 4.78 is 0. The Morgan fingerprint density at radius 1 is 1.16 bits per heavy atom. The van der Waals surface area contributed by atoms with E-state index in [0.29, 0.717) is 11.8 Å². The normalized spacial score (nSPS) is 15.3. The minimum absolute atomic E-state index is 0.203. The summed E-state index contributed by atoms with van der Waals surface area (Å²) in [5, 5.41) is 3.59. The molecule has 0 fully saturated rings. The lowest BCUT2D eigenvalue weighted by molar-refractivity contribution is 0.316. The van der Waals surface area contributed by atoms with Crippen molar-refractivity contribution in [2.75, 3.05) is 6.54 Å². The lowest BCUT2D eigenvalue weighted by Gasteiger charge is -2.26. The second-order valence-corrected chi connectivity index (χ2v) is 6.80. The average molecular weight is 262 g/mol. The first-order valence-corrected chi connectivity index (χ1v) is 7.50. The average Bonchev–Trinajstić information content (AvgIpc) is 2.36. The number of aryl methyl sites for hydroxylation is 1. The topological polar surface area (TPSA) is 24.9 Å². The summed E-state index contributed by atoms with van der Waals surface area (Å²) in [5.41, 5.74) is 2.74. The van der Waals surface area contributed by atoms with E-state index in [1.807, 2.05) is 6.20 Å². The van der Waals surface area contributed by atoms with E-state index in [2.05, 4.69) is 64.0 Å². The Morgan fingerprint density at radius 2 is 1.84 bits per heavy atom. The molecule has 0 amide bonds. The molecule has 1 N–H and O–H groups in total. The summed E-state index contributed by atoms with van der Waals surface area (Å²) in [6, 6.07) is 4.38. The van der Waals surface area contributed by atoms with Crippen LogP contribution in [0, 0.1) is 11.8 Å². The summed E-state index contributed by atoms with van der Waals surface area (Å²) in [7, 11) is 0. The van der Waals surface area contributed by atoms with Crippen LogP contribution in [0.1, 0.15) is 52.8 Å². The minimum atomic E-state index is 0.203. The summed E-state index contributed by atoms with van der Waals surface area (Å²) in [4.78, 5) is 4.56. The third-order valence-corrected chi connectivity index (χ3v) is 3.75. The third-order valence-electron chi connectivity index (χ3n) is 3.75. The molecule has 108 valence electrons. The number of rotatable bonds is 6. The fourth-order valence-electron chi connectivity index (χ4n) is 1.98. The van der Waals surface area contributed by atoms with Crippen LogP contribution in [0.5, 0.6) is 0 Å². The zero-order valence-electron chi connectivity index (χ0n) is 13.5. The number of hydrogen-bond donors (Lipinski definition) is 1. The zero-order valence-corrected chi connectivity index (χ0v) is 13.5. The highest BCUT2D eigenvalue weighted by Crippen LogP contribution is 2.16. The molecule has 0 saturated carbocycles. The molecule has 1 rings (SSSR count). The first-order valence-electron chi connectivity index (χ1n) is 7.50. The van der Waals surface area contributed by atoms with Gasteiger partial charge < -0.3 is 5.32 Å². The van der Waals surface area contributed by atoms with Gasteiger partial charge in [-0.3, -0.25) is 4.98 Å². The summed E-state index contributed by atoms with van der Waals surface area (Å²) in [6.07, 6.45) is 4.14. The van der Waals surface area contributed by atoms with Crippen molar-refractivity contribution in [2.45, 2.75) is 59.9 Å². The monoisotopic (exact) mass is 262 g/mol. The minimum Gasteiger partial charge on any atom is -0.312 e. The Balaban J connectivity index is 2.46. The van der Waals surface area contributed by atoms with Gasteiger partial charge in [-0.25, -0.2) is 0 Å². The number of hydrogen-bond acceptors (Lipinski definition) is 2. The smallest absolute Gasteiger partial charge is 0.0406 e. The van der Waals surface area contributed by atoms with E-state index in [-0.39, 0.29) is 5.54 Å². The van der Waals surface area contributed by atoms with Crippen LogP contribution in [0.3, 0.4) is 0 Å². The largest absolute Gasteiger partial charge is 0.312 e. The van der Waals surface area contributed by atoms with Crippen LogP contribution in [-0.2, 0) is 12.8 Å². The number of aromatic nitrogens is 1. The molecule has 0 saturated heterocycles. The van der Waals surface area contributed by atoms with Crippen molar-refractivity contribution in [2.24, 2.45) is 11.8 Å². The highest BCUT2D eigenvalue weighted by atomic mass is 14.9. The van der Waals surface area contributed by atoms with Crippen molar-refractivity contribution in [3.8, 4) is 0 Å². The van der Waals surface area contributed by atoms with Crippen molar-refractivity contribution in [1.82, 2.24) is 10.3 Å². The second kappa shape index (κ2) is 7.04. The Hall–Kier alpha value is -0.890. The molecule has 0 bridgehead atoms. The third kappa shape index (κ3) is 6.20. The lowest BCUT2D eigenvalue weighted by Crippen LogP contribution is -2.40. The Bertz CT molecular complexity index is 362. The highest BCUT2D eigenvalue weighted by molar-refractivity contribution is 5.14. The van der Waals surface area contributed by atoms with Crippen molar-refractivity contribution in [3.63, 3.8) is 0 Å². The van der Waals surface area contributed by atoms with Gasteiger partial charge in [0.2, 0.25) is 0 Å². The maximum Gasteiger partial charge on any atom is 0.0406 e. The number of nitrogens with zero attached hydrogens (tertiary/aromatic N) is 1. The number of nitrogens with one attached hydrogen (secondary N) is 1. The molecule has 0 aliphatic rings. The molecule has 1 aromatic rings.